The van der Waals surface area contributed by atoms with E-state index in [0.717, 1.165) is 30.4 Å². The summed E-state index contributed by atoms with van der Waals surface area (Å²) in [6.45, 7) is 3.01. The van der Waals surface area contributed by atoms with E-state index in [9.17, 15) is 9.59 Å². The van der Waals surface area contributed by atoms with Gasteiger partial charge in [0.1, 0.15) is 0 Å². The zero-order chi connectivity index (χ0) is 15.2. The number of carboxylic acid groups (broad SMARTS) is 1. The average Bonchev–Trinajstić information content (AvgIpc) is 2.46. The fraction of sp³-hybridized carbons (Fsp3) is 0.533. The predicted octanol–water partition coefficient (Wildman–Crippen LogP) is 1.93. The molecule has 114 valence electrons. The van der Waals surface area contributed by atoms with Gasteiger partial charge in [-0.15, -0.1) is 0 Å². The van der Waals surface area contributed by atoms with E-state index < -0.39 is 5.97 Å². The Morgan fingerprint density at radius 3 is 3.00 bits per heavy atom. The Morgan fingerprint density at radius 2 is 2.29 bits per heavy atom. The summed E-state index contributed by atoms with van der Waals surface area (Å²) in [5.41, 5.74) is 2.05. The molecule has 1 aromatic heterocycles. The van der Waals surface area contributed by atoms with Gasteiger partial charge in [0.05, 0.1) is 6.42 Å². The highest BCUT2D eigenvalue weighted by atomic mass is 16.4. The quantitative estimate of drug-likeness (QED) is 0.888. The number of amides is 2. The third-order valence-electron chi connectivity index (χ3n) is 3.86. The maximum Gasteiger partial charge on any atom is 0.317 e. The van der Waals surface area contributed by atoms with Crippen molar-refractivity contribution < 1.29 is 14.7 Å². The van der Waals surface area contributed by atoms with Crippen LogP contribution >= 0.6 is 0 Å². The van der Waals surface area contributed by atoms with E-state index in [4.69, 9.17) is 5.11 Å². The summed E-state index contributed by atoms with van der Waals surface area (Å²) in [6.07, 6.45) is 6.14. The van der Waals surface area contributed by atoms with Crippen LogP contribution in [0.3, 0.4) is 0 Å². The Labute approximate surface area is 124 Å². The molecule has 2 rings (SSSR count). The molecular weight excluding hydrogens is 270 g/mol. The highest BCUT2D eigenvalue weighted by Crippen LogP contribution is 2.20. The Bertz CT molecular complexity index is 519. The number of carboxylic acids is 1. The van der Waals surface area contributed by atoms with Crippen LogP contribution in [-0.2, 0) is 11.3 Å². The summed E-state index contributed by atoms with van der Waals surface area (Å²) in [5.74, 6) is -0.857. The number of nitrogens with one attached hydrogen (secondary N) is 1. The standard InChI is InChI=1S/C15H21N3O3/c1-11-9-16-6-5-12(11)10-17-15(21)18-7-3-2-4-13(18)8-14(19)20/h5-6,9,13H,2-4,7-8,10H2,1H3,(H,17,21)(H,19,20). The third kappa shape index (κ3) is 4.18. The smallest absolute Gasteiger partial charge is 0.317 e. The Hall–Kier alpha value is -2.11. The number of hydrogen-bond donors (Lipinski definition) is 2. The van der Waals surface area contributed by atoms with Gasteiger partial charge in [-0.1, -0.05) is 0 Å². The van der Waals surface area contributed by atoms with Gasteiger partial charge in [0.25, 0.3) is 0 Å². The van der Waals surface area contributed by atoms with E-state index in [2.05, 4.69) is 10.3 Å². The number of urea groups is 1. The summed E-state index contributed by atoms with van der Waals surface area (Å²) >= 11 is 0. The van der Waals surface area contributed by atoms with E-state index in [1.54, 1.807) is 17.3 Å². The molecule has 1 aliphatic heterocycles. The molecule has 0 radical (unpaired) electrons. The fourth-order valence-electron chi connectivity index (χ4n) is 2.65. The first-order valence-electron chi connectivity index (χ1n) is 7.23. The zero-order valence-corrected chi connectivity index (χ0v) is 12.2. The van der Waals surface area contributed by atoms with Gasteiger partial charge in [-0.25, -0.2) is 4.79 Å². The molecule has 0 aromatic carbocycles. The van der Waals surface area contributed by atoms with Gasteiger partial charge in [-0.05, 0) is 43.4 Å². The molecule has 2 N–H and O–H groups in total. The fourth-order valence-corrected chi connectivity index (χ4v) is 2.65. The average molecular weight is 291 g/mol. The monoisotopic (exact) mass is 291 g/mol. The second-order valence-electron chi connectivity index (χ2n) is 5.40. The maximum absolute atomic E-state index is 12.3. The van der Waals surface area contributed by atoms with Crippen molar-refractivity contribution in [1.29, 1.82) is 0 Å². The number of carbonyl (C=O) groups is 2. The minimum absolute atomic E-state index is 0.0156. The molecule has 1 fully saturated rings. The van der Waals surface area contributed by atoms with Crippen molar-refractivity contribution in [2.24, 2.45) is 0 Å². The minimum Gasteiger partial charge on any atom is -0.481 e. The number of aliphatic carboxylic acids is 1. The lowest BCUT2D eigenvalue weighted by molar-refractivity contribution is -0.138. The molecule has 0 spiro atoms. The van der Waals surface area contributed by atoms with Crippen LogP contribution in [0.2, 0.25) is 0 Å². The van der Waals surface area contributed by atoms with Crippen LogP contribution in [0, 0.1) is 6.92 Å². The molecule has 21 heavy (non-hydrogen) atoms. The van der Waals surface area contributed by atoms with E-state index in [1.807, 2.05) is 13.0 Å². The van der Waals surface area contributed by atoms with Crippen molar-refractivity contribution in [2.45, 2.75) is 45.2 Å². The van der Waals surface area contributed by atoms with Crippen LogP contribution in [0.25, 0.3) is 0 Å². The van der Waals surface area contributed by atoms with Crippen LogP contribution in [0.1, 0.15) is 36.8 Å². The lowest BCUT2D eigenvalue weighted by Crippen LogP contribution is -2.49. The summed E-state index contributed by atoms with van der Waals surface area (Å²) in [5, 5.41) is 11.8. The molecule has 1 aliphatic rings. The number of piperidine rings is 1. The molecule has 1 saturated heterocycles. The van der Waals surface area contributed by atoms with Crippen LogP contribution < -0.4 is 5.32 Å². The van der Waals surface area contributed by atoms with Crippen molar-refractivity contribution in [3.05, 3.63) is 29.6 Å². The number of nitrogens with zero attached hydrogens (tertiary/aromatic N) is 2. The van der Waals surface area contributed by atoms with Gasteiger partial charge < -0.3 is 15.3 Å². The number of likely N-dealkylation sites (tertiary alicyclic amines) is 1. The number of rotatable bonds is 4. The van der Waals surface area contributed by atoms with Crippen molar-refractivity contribution in [2.75, 3.05) is 6.54 Å². The highest BCUT2D eigenvalue weighted by Gasteiger charge is 2.28. The molecule has 2 amide bonds. The predicted molar refractivity (Wildman–Crippen MR) is 77.8 cm³/mol. The Balaban J connectivity index is 1.94. The number of aryl methyl sites for hydroxylation is 1. The Kier molecular flexibility index (Phi) is 5.14. The normalized spacial score (nSPS) is 18.3. The van der Waals surface area contributed by atoms with Gasteiger partial charge in [0.15, 0.2) is 0 Å². The molecule has 1 atom stereocenters. The summed E-state index contributed by atoms with van der Waals surface area (Å²) in [6, 6.07) is 1.49. The van der Waals surface area contributed by atoms with Crippen LogP contribution in [0.15, 0.2) is 18.5 Å². The van der Waals surface area contributed by atoms with Crippen molar-refractivity contribution in [1.82, 2.24) is 15.2 Å². The second-order valence-corrected chi connectivity index (χ2v) is 5.40. The zero-order valence-electron chi connectivity index (χ0n) is 12.2. The highest BCUT2D eigenvalue weighted by molar-refractivity contribution is 5.76. The van der Waals surface area contributed by atoms with E-state index in [1.165, 1.54) is 0 Å². The lowest BCUT2D eigenvalue weighted by atomic mass is 10.00. The van der Waals surface area contributed by atoms with Gasteiger partial charge in [-0.3, -0.25) is 9.78 Å². The number of pyridine rings is 1. The molecule has 6 nitrogen and oxygen atoms in total. The number of carbonyl (C=O) groups excluding carboxylic acids is 1. The molecule has 1 unspecified atom stereocenters. The molecule has 6 heteroatoms. The van der Waals surface area contributed by atoms with Gasteiger partial charge in [0, 0.05) is 31.5 Å². The number of aromatic nitrogens is 1. The van der Waals surface area contributed by atoms with Crippen LogP contribution in [0.5, 0.6) is 0 Å². The molecule has 0 bridgehead atoms. The van der Waals surface area contributed by atoms with Gasteiger partial charge in [-0.2, -0.15) is 0 Å². The first kappa shape index (κ1) is 15.3. The van der Waals surface area contributed by atoms with Crippen molar-refractivity contribution in [3.8, 4) is 0 Å². The molecular formula is C15H21N3O3. The van der Waals surface area contributed by atoms with E-state index in [-0.39, 0.29) is 18.5 Å². The first-order chi connectivity index (χ1) is 10.1. The first-order valence-corrected chi connectivity index (χ1v) is 7.23. The molecule has 0 aliphatic carbocycles. The van der Waals surface area contributed by atoms with Crippen LogP contribution in [0.4, 0.5) is 4.79 Å². The minimum atomic E-state index is -0.857. The van der Waals surface area contributed by atoms with E-state index in [0.29, 0.717) is 13.1 Å². The topological polar surface area (TPSA) is 82.5 Å². The Morgan fingerprint density at radius 1 is 1.48 bits per heavy atom. The van der Waals surface area contributed by atoms with Crippen LogP contribution in [-0.4, -0.2) is 39.6 Å². The summed E-state index contributed by atoms with van der Waals surface area (Å²) < 4.78 is 0. The number of hydrogen-bond acceptors (Lipinski definition) is 3. The van der Waals surface area contributed by atoms with Crippen molar-refractivity contribution >= 4 is 12.0 Å². The molecule has 2 heterocycles. The van der Waals surface area contributed by atoms with Crippen molar-refractivity contribution in [3.63, 3.8) is 0 Å². The largest absolute Gasteiger partial charge is 0.481 e. The third-order valence-corrected chi connectivity index (χ3v) is 3.86. The summed E-state index contributed by atoms with van der Waals surface area (Å²) in [7, 11) is 0. The molecule has 0 saturated carbocycles. The second kappa shape index (κ2) is 7.06. The lowest BCUT2D eigenvalue weighted by Gasteiger charge is -2.35. The molecule has 1 aromatic rings. The summed E-state index contributed by atoms with van der Waals surface area (Å²) in [4.78, 5) is 28.9. The van der Waals surface area contributed by atoms with E-state index >= 15 is 0 Å². The SMILES string of the molecule is Cc1cnccc1CNC(=O)N1CCCCC1CC(=O)O. The maximum atomic E-state index is 12.3. The van der Waals surface area contributed by atoms with Gasteiger partial charge >= 0.3 is 12.0 Å². The van der Waals surface area contributed by atoms with Gasteiger partial charge in [0.2, 0.25) is 0 Å².